The van der Waals surface area contributed by atoms with Crippen LogP contribution in [0.4, 0.5) is 5.69 Å². The summed E-state index contributed by atoms with van der Waals surface area (Å²) in [5, 5.41) is 7.28. The molecule has 0 aliphatic rings. The van der Waals surface area contributed by atoms with Gasteiger partial charge in [-0.15, -0.1) is 11.3 Å². The topological polar surface area (TPSA) is 71.1 Å². The molecule has 2 aromatic carbocycles. The first-order valence-corrected chi connectivity index (χ1v) is 10.5. The number of amides is 2. The number of aryl methyl sites for hydroxylation is 1. The van der Waals surface area contributed by atoms with Crippen LogP contribution in [0.25, 0.3) is 10.6 Å². The Morgan fingerprint density at radius 2 is 1.76 bits per heavy atom. The molecule has 0 saturated heterocycles. The molecule has 2 amide bonds. The smallest absolute Gasteiger partial charge is 0.263 e. The van der Waals surface area contributed by atoms with E-state index >= 15 is 0 Å². The number of thiazole rings is 1. The van der Waals surface area contributed by atoms with E-state index in [1.807, 2.05) is 62.4 Å². The van der Waals surface area contributed by atoms with Crippen molar-refractivity contribution in [3.8, 4) is 10.6 Å². The normalized spacial score (nSPS) is 11.7. The molecule has 0 spiro atoms. The number of nitrogens with zero attached hydrogens (tertiary/aromatic N) is 1. The Balaban J connectivity index is 1.69. The van der Waals surface area contributed by atoms with E-state index in [2.05, 4.69) is 15.6 Å². The number of carbonyl (C=O) groups is 2. The lowest BCUT2D eigenvalue weighted by molar-refractivity contribution is -0.115. The number of hydrogen-bond donors (Lipinski definition) is 2. The van der Waals surface area contributed by atoms with Gasteiger partial charge in [0, 0.05) is 22.7 Å². The van der Waals surface area contributed by atoms with Gasteiger partial charge in [0.15, 0.2) is 0 Å². The Labute approximate surface area is 179 Å². The third-order valence-corrected chi connectivity index (χ3v) is 5.91. The molecule has 0 saturated carbocycles. The predicted molar refractivity (Wildman–Crippen MR) is 119 cm³/mol. The fourth-order valence-electron chi connectivity index (χ4n) is 2.77. The van der Waals surface area contributed by atoms with E-state index in [9.17, 15) is 9.59 Å². The molecule has 1 unspecified atom stereocenters. The van der Waals surface area contributed by atoms with Crippen LogP contribution in [-0.4, -0.2) is 16.8 Å². The minimum Gasteiger partial charge on any atom is -0.345 e. The van der Waals surface area contributed by atoms with Crippen LogP contribution in [0, 0.1) is 6.92 Å². The molecule has 0 bridgehead atoms. The number of anilines is 1. The quantitative estimate of drug-likeness (QED) is 0.537. The number of hydrogen-bond acceptors (Lipinski definition) is 4. The van der Waals surface area contributed by atoms with Crippen LogP contribution in [0.3, 0.4) is 0 Å². The molecule has 0 fully saturated rings. The third kappa shape index (κ3) is 5.22. The maximum atomic E-state index is 12.8. The van der Waals surface area contributed by atoms with Crippen molar-refractivity contribution in [2.75, 3.05) is 5.32 Å². The summed E-state index contributed by atoms with van der Waals surface area (Å²) in [6, 6.07) is 14.7. The zero-order valence-electron chi connectivity index (χ0n) is 16.5. The molecule has 0 radical (unpaired) electrons. The van der Waals surface area contributed by atoms with Crippen molar-refractivity contribution in [2.24, 2.45) is 0 Å². The maximum Gasteiger partial charge on any atom is 0.263 e. The molecule has 1 atom stereocenters. The van der Waals surface area contributed by atoms with Gasteiger partial charge in [-0.05, 0) is 43.7 Å². The van der Waals surface area contributed by atoms with Gasteiger partial charge in [-0.25, -0.2) is 4.98 Å². The van der Waals surface area contributed by atoms with E-state index in [4.69, 9.17) is 11.6 Å². The average molecular weight is 428 g/mol. The first-order valence-electron chi connectivity index (χ1n) is 9.31. The summed E-state index contributed by atoms with van der Waals surface area (Å²) in [5.74, 6) is -0.188. The van der Waals surface area contributed by atoms with Crippen molar-refractivity contribution in [2.45, 2.75) is 33.2 Å². The van der Waals surface area contributed by atoms with Gasteiger partial charge in [-0.1, -0.05) is 42.8 Å². The van der Waals surface area contributed by atoms with Crippen molar-refractivity contribution in [3.05, 3.63) is 69.7 Å². The monoisotopic (exact) mass is 427 g/mol. The van der Waals surface area contributed by atoms with Crippen LogP contribution in [0.2, 0.25) is 5.02 Å². The van der Waals surface area contributed by atoms with E-state index in [0.29, 0.717) is 22.0 Å². The summed E-state index contributed by atoms with van der Waals surface area (Å²) in [6.45, 7) is 5.57. The Kier molecular flexibility index (Phi) is 6.67. The average Bonchev–Trinajstić information content (AvgIpc) is 3.10. The van der Waals surface area contributed by atoms with Crippen LogP contribution in [0.5, 0.6) is 0 Å². The summed E-state index contributed by atoms with van der Waals surface area (Å²) >= 11 is 7.30. The van der Waals surface area contributed by atoms with E-state index < -0.39 is 0 Å². The second-order valence-corrected chi connectivity index (χ2v) is 8.09. The zero-order valence-corrected chi connectivity index (χ0v) is 18.0. The minimum atomic E-state index is -0.182. The van der Waals surface area contributed by atoms with Crippen molar-refractivity contribution < 1.29 is 9.59 Å². The first kappa shape index (κ1) is 21.0. The van der Waals surface area contributed by atoms with Gasteiger partial charge in [-0.2, -0.15) is 0 Å². The first-order chi connectivity index (χ1) is 13.9. The molecule has 1 aromatic heterocycles. The van der Waals surface area contributed by atoms with Gasteiger partial charge in [0.2, 0.25) is 5.91 Å². The van der Waals surface area contributed by atoms with E-state index in [-0.39, 0.29) is 17.9 Å². The molecule has 1 heterocycles. The maximum absolute atomic E-state index is 12.8. The Bertz CT molecular complexity index is 1010. The van der Waals surface area contributed by atoms with Crippen molar-refractivity contribution >= 4 is 40.4 Å². The Morgan fingerprint density at radius 3 is 2.38 bits per heavy atom. The van der Waals surface area contributed by atoms with Gasteiger partial charge >= 0.3 is 0 Å². The number of rotatable bonds is 6. The summed E-state index contributed by atoms with van der Waals surface area (Å²) in [5.41, 5.74) is 3.32. The summed E-state index contributed by atoms with van der Waals surface area (Å²) in [7, 11) is 0. The number of benzene rings is 2. The van der Waals surface area contributed by atoms with Crippen molar-refractivity contribution in [1.82, 2.24) is 10.3 Å². The highest BCUT2D eigenvalue weighted by molar-refractivity contribution is 7.17. The van der Waals surface area contributed by atoms with E-state index in [0.717, 1.165) is 21.8 Å². The molecule has 3 aromatic rings. The molecular weight excluding hydrogens is 406 g/mol. The van der Waals surface area contributed by atoms with Gasteiger partial charge in [0.25, 0.3) is 5.91 Å². The standard InChI is InChI=1S/C22H22ClN3O2S/c1-4-19(27)26-18-11-7-15(8-12-18)13(2)24-21(28)20-14(3)25-22(29-20)16-5-9-17(23)10-6-16/h5-13H,4H2,1-3H3,(H,24,28)(H,26,27). The van der Waals surface area contributed by atoms with Gasteiger partial charge in [0.05, 0.1) is 11.7 Å². The summed E-state index contributed by atoms with van der Waals surface area (Å²) < 4.78 is 0. The lowest BCUT2D eigenvalue weighted by Crippen LogP contribution is -2.26. The molecule has 5 nitrogen and oxygen atoms in total. The second kappa shape index (κ2) is 9.20. The third-order valence-electron chi connectivity index (χ3n) is 4.46. The molecule has 0 aliphatic carbocycles. The van der Waals surface area contributed by atoms with E-state index in [1.165, 1.54) is 11.3 Å². The largest absolute Gasteiger partial charge is 0.345 e. The summed E-state index contributed by atoms with van der Waals surface area (Å²) in [4.78, 5) is 29.4. The Morgan fingerprint density at radius 1 is 1.10 bits per heavy atom. The van der Waals surface area contributed by atoms with Crippen molar-refractivity contribution in [1.29, 1.82) is 0 Å². The van der Waals surface area contributed by atoms with Crippen LogP contribution >= 0.6 is 22.9 Å². The number of carbonyl (C=O) groups excluding carboxylic acids is 2. The number of nitrogens with one attached hydrogen (secondary N) is 2. The van der Waals surface area contributed by atoms with Crippen LogP contribution < -0.4 is 10.6 Å². The van der Waals surface area contributed by atoms with Crippen molar-refractivity contribution in [3.63, 3.8) is 0 Å². The predicted octanol–water partition coefficient (Wildman–Crippen LogP) is 5.61. The van der Waals surface area contributed by atoms with Gasteiger partial charge in [-0.3, -0.25) is 9.59 Å². The fraction of sp³-hybridized carbons (Fsp3) is 0.227. The Hall–Kier alpha value is -2.70. The highest BCUT2D eigenvalue weighted by Crippen LogP contribution is 2.29. The fourth-order valence-corrected chi connectivity index (χ4v) is 3.87. The molecule has 29 heavy (non-hydrogen) atoms. The highest BCUT2D eigenvalue weighted by atomic mass is 35.5. The lowest BCUT2D eigenvalue weighted by atomic mass is 10.1. The van der Waals surface area contributed by atoms with Crippen LogP contribution in [-0.2, 0) is 4.79 Å². The lowest BCUT2D eigenvalue weighted by Gasteiger charge is -2.14. The molecule has 150 valence electrons. The zero-order chi connectivity index (χ0) is 21.0. The van der Waals surface area contributed by atoms with Crippen LogP contribution in [0.1, 0.15) is 47.2 Å². The number of aromatic nitrogens is 1. The minimum absolute atomic E-state index is 0.0312. The van der Waals surface area contributed by atoms with Gasteiger partial charge in [0.1, 0.15) is 9.88 Å². The molecule has 3 rings (SSSR count). The van der Waals surface area contributed by atoms with E-state index in [1.54, 1.807) is 6.92 Å². The summed E-state index contributed by atoms with van der Waals surface area (Å²) in [6.07, 6.45) is 0.431. The van der Waals surface area contributed by atoms with Gasteiger partial charge < -0.3 is 10.6 Å². The van der Waals surface area contributed by atoms with Crippen LogP contribution in [0.15, 0.2) is 48.5 Å². The molecule has 0 aliphatic heterocycles. The number of halogens is 1. The highest BCUT2D eigenvalue weighted by Gasteiger charge is 2.18. The molecule has 2 N–H and O–H groups in total. The second-order valence-electron chi connectivity index (χ2n) is 6.66. The molecular formula is C22H22ClN3O2S. The SMILES string of the molecule is CCC(=O)Nc1ccc(C(C)NC(=O)c2sc(-c3ccc(Cl)cc3)nc2C)cc1. The molecule has 7 heteroatoms.